The van der Waals surface area contributed by atoms with Gasteiger partial charge in [0, 0.05) is 11.3 Å². The van der Waals surface area contributed by atoms with E-state index in [9.17, 15) is 14.0 Å². The van der Waals surface area contributed by atoms with Crippen LogP contribution in [0.15, 0.2) is 42.9 Å². The van der Waals surface area contributed by atoms with Crippen LogP contribution in [0.4, 0.5) is 4.39 Å². The Morgan fingerprint density at radius 1 is 1.11 bits per heavy atom. The zero-order valence-electron chi connectivity index (χ0n) is 14.5. The number of nitrogens with zero attached hydrogens (tertiary/aromatic N) is 4. The van der Waals surface area contributed by atoms with E-state index in [2.05, 4.69) is 20.4 Å². The van der Waals surface area contributed by atoms with Gasteiger partial charge in [-0.3, -0.25) is 4.79 Å². The normalized spacial score (nSPS) is 11.8. The Labute approximate surface area is 153 Å². The van der Waals surface area contributed by atoms with Crippen molar-refractivity contribution in [1.29, 1.82) is 0 Å². The van der Waals surface area contributed by atoms with Crippen molar-refractivity contribution < 1.29 is 19.1 Å². The molecule has 1 amide bonds. The lowest BCUT2D eigenvalue weighted by Gasteiger charge is -2.14. The number of amides is 1. The molecule has 0 bridgehead atoms. The molecular weight excluding hydrogens is 353 g/mol. The van der Waals surface area contributed by atoms with Crippen molar-refractivity contribution in [3.63, 3.8) is 0 Å². The molecule has 3 rings (SSSR count). The van der Waals surface area contributed by atoms with Crippen molar-refractivity contribution in [2.45, 2.75) is 19.9 Å². The Balaban J connectivity index is 1.76. The number of carboxylic acid groups (broad SMARTS) is 1. The smallest absolute Gasteiger partial charge is 0.356 e. The van der Waals surface area contributed by atoms with Gasteiger partial charge in [0.1, 0.15) is 11.5 Å². The van der Waals surface area contributed by atoms with Crippen molar-refractivity contribution in [3.05, 3.63) is 71.3 Å². The largest absolute Gasteiger partial charge is 0.476 e. The van der Waals surface area contributed by atoms with Gasteiger partial charge in [0.05, 0.1) is 30.3 Å². The van der Waals surface area contributed by atoms with Gasteiger partial charge in [-0.1, -0.05) is 0 Å². The van der Waals surface area contributed by atoms with Crippen molar-refractivity contribution in [1.82, 2.24) is 25.1 Å². The first kappa shape index (κ1) is 18.2. The molecule has 0 radical (unpaired) electrons. The number of hydrogen-bond donors (Lipinski definition) is 2. The molecular formula is C18H16FN5O3. The predicted octanol–water partition coefficient (Wildman–Crippen LogP) is 2.30. The van der Waals surface area contributed by atoms with Crippen LogP contribution in [0.1, 0.15) is 45.2 Å². The second-order valence-electron chi connectivity index (χ2n) is 5.86. The van der Waals surface area contributed by atoms with E-state index in [1.165, 1.54) is 12.1 Å². The van der Waals surface area contributed by atoms with E-state index in [0.29, 0.717) is 5.69 Å². The summed E-state index contributed by atoms with van der Waals surface area (Å²) >= 11 is 0. The SMILES string of the molecule is Cc1c(C(C)NC(=O)c2cnc(C(=O)O)cn2)cnn1-c1ccc(F)cc1. The van der Waals surface area contributed by atoms with Gasteiger partial charge in [-0.05, 0) is 38.1 Å². The Morgan fingerprint density at radius 2 is 1.74 bits per heavy atom. The molecule has 0 aliphatic carbocycles. The minimum Gasteiger partial charge on any atom is -0.476 e. The minimum absolute atomic E-state index is 0.00966. The summed E-state index contributed by atoms with van der Waals surface area (Å²) < 4.78 is 14.7. The number of benzene rings is 1. The van der Waals surface area contributed by atoms with Crippen LogP contribution in [0.5, 0.6) is 0 Å². The third-order valence-corrected chi connectivity index (χ3v) is 4.04. The Hall–Kier alpha value is -3.62. The van der Waals surface area contributed by atoms with Gasteiger partial charge in [0.2, 0.25) is 0 Å². The highest BCUT2D eigenvalue weighted by Gasteiger charge is 2.18. The summed E-state index contributed by atoms with van der Waals surface area (Å²) in [6, 6.07) is 5.54. The van der Waals surface area contributed by atoms with Crippen LogP contribution in [0, 0.1) is 12.7 Å². The molecule has 9 heteroatoms. The van der Waals surface area contributed by atoms with Crippen molar-refractivity contribution in [2.75, 3.05) is 0 Å². The summed E-state index contributed by atoms with van der Waals surface area (Å²) in [7, 11) is 0. The molecule has 0 aliphatic heterocycles. The van der Waals surface area contributed by atoms with Gasteiger partial charge in [-0.2, -0.15) is 5.10 Å². The zero-order valence-corrected chi connectivity index (χ0v) is 14.5. The average molecular weight is 369 g/mol. The second-order valence-corrected chi connectivity index (χ2v) is 5.86. The van der Waals surface area contributed by atoms with E-state index >= 15 is 0 Å². The van der Waals surface area contributed by atoms with Crippen LogP contribution < -0.4 is 5.32 Å². The van der Waals surface area contributed by atoms with Gasteiger partial charge < -0.3 is 10.4 Å². The zero-order chi connectivity index (χ0) is 19.6. The first-order valence-corrected chi connectivity index (χ1v) is 8.03. The summed E-state index contributed by atoms with van der Waals surface area (Å²) in [6.07, 6.45) is 3.77. The van der Waals surface area contributed by atoms with Gasteiger partial charge in [0.25, 0.3) is 5.91 Å². The maximum atomic E-state index is 13.1. The maximum Gasteiger partial charge on any atom is 0.356 e. The molecule has 0 saturated heterocycles. The van der Waals surface area contributed by atoms with Crippen LogP contribution in [0.3, 0.4) is 0 Å². The number of hydrogen-bond acceptors (Lipinski definition) is 5. The van der Waals surface area contributed by atoms with E-state index in [4.69, 9.17) is 5.11 Å². The molecule has 1 aromatic carbocycles. The van der Waals surface area contributed by atoms with E-state index in [1.807, 2.05) is 6.92 Å². The van der Waals surface area contributed by atoms with Gasteiger partial charge in [-0.15, -0.1) is 0 Å². The Bertz CT molecular complexity index is 983. The van der Waals surface area contributed by atoms with Gasteiger partial charge in [0.15, 0.2) is 5.69 Å². The summed E-state index contributed by atoms with van der Waals surface area (Å²) in [5.41, 5.74) is 2.05. The fraction of sp³-hybridized carbons (Fsp3) is 0.167. The van der Waals surface area contributed by atoms with E-state index in [1.54, 1.807) is 29.9 Å². The lowest BCUT2D eigenvalue weighted by molar-refractivity contribution is 0.0689. The summed E-state index contributed by atoms with van der Waals surface area (Å²) in [6.45, 7) is 3.63. The fourth-order valence-corrected chi connectivity index (χ4v) is 2.59. The molecule has 0 aliphatic rings. The molecule has 2 heterocycles. The number of rotatable bonds is 5. The minimum atomic E-state index is -1.22. The number of aromatic carboxylic acids is 1. The van der Waals surface area contributed by atoms with E-state index in [0.717, 1.165) is 23.7 Å². The number of carbonyl (C=O) groups excluding carboxylic acids is 1. The van der Waals surface area contributed by atoms with E-state index < -0.39 is 11.9 Å². The van der Waals surface area contributed by atoms with Crippen molar-refractivity contribution in [2.24, 2.45) is 0 Å². The molecule has 27 heavy (non-hydrogen) atoms. The summed E-state index contributed by atoms with van der Waals surface area (Å²) in [5, 5.41) is 15.9. The van der Waals surface area contributed by atoms with Crippen LogP contribution in [0.2, 0.25) is 0 Å². The Kier molecular flexibility index (Phi) is 4.93. The Morgan fingerprint density at radius 3 is 2.33 bits per heavy atom. The quantitative estimate of drug-likeness (QED) is 0.714. The van der Waals surface area contributed by atoms with Crippen molar-refractivity contribution in [3.8, 4) is 5.69 Å². The molecule has 1 atom stereocenters. The third kappa shape index (κ3) is 3.81. The topological polar surface area (TPSA) is 110 Å². The summed E-state index contributed by atoms with van der Waals surface area (Å²) in [5.74, 6) is -2.04. The van der Waals surface area contributed by atoms with Crippen molar-refractivity contribution >= 4 is 11.9 Å². The number of carbonyl (C=O) groups is 2. The molecule has 0 fully saturated rings. The molecule has 2 aromatic heterocycles. The fourth-order valence-electron chi connectivity index (χ4n) is 2.59. The highest BCUT2D eigenvalue weighted by Crippen LogP contribution is 2.20. The second kappa shape index (κ2) is 7.32. The maximum absolute atomic E-state index is 13.1. The van der Waals surface area contributed by atoms with Crippen LogP contribution in [0.25, 0.3) is 5.69 Å². The van der Waals surface area contributed by atoms with Crippen LogP contribution >= 0.6 is 0 Å². The van der Waals surface area contributed by atoms with Crippen LogP contribution in [-0.4, -0.2) is 36.7 Å². The van der Waals surface area contributed by atoms with Gasteiger partial charge >= 0.3 is 5.97 Å². The lowest BCUT2D eigenvalue weighted by Crippen LogP contribution is -2.28. The first-order chi connectivity index (χ1) is 12.9. The third-order valence-electron chi connectivity index (χ3n) is 4.04. The molecule has 0 saturated carbocycles. The molecule has 3 aromatic rings. The molecule has 0 spiro atoms. The van der Waals surface area contributed by atoms with E-state index in [-0.39, 0.29) is 23.2 Å². The number of aromatic nitrogens is 4. The summed E-state index contributed by atoms with van der Waals surface area (Å²) in [4.78, 5) is 30.6. The standard InChI is InChI=1S/C18H16FN5O3/c1-10(23-17(25)15-8-21-16(9-20-15)18(26)27)14-7-22-24(11(14)2)13-5-3-12(19)4-6-13/h3-10H,1-2H3,(H,23,25)(H,26,27). The van der Waals surface area contributed by atoms with Crippen LogP contribution in [-0.2, 0) is 0 Å². The molecule has 138 valence electrons. The number of nitrogens with one attached hydrogen (secondary N) is 1. The highest BCUT2D eigenvalue weighted by molar-refractivity contribution is 5.93. The molecule has 8 nitrogen and oxygen atoms in total. The van der Waals surface area contributed by atoms with Gasteiger partial charge in [-0.25, -0.2) is 23.8 Å². The lowest BCUT2D eigenvalue weighted by atomic mass is 10.1. The predicted molar refractivity (Wildman–Crippen MR) is 93.1 cm³/mol. The first-order valence-electron chi connectivity index (χ1n) is 8.03. The number of halogens is 1. The molecule has 2 N–H and O–H groups in total. The highest BCUT2D eigenvalue weighted by atomic mass is 19.1. The average Bonchev–Trinajstić information content (AvgIpc) is 3.04. The monoisotopic (exact) mass is 369 g/mol. The molecule has 1 unspecified atom stereocenters. The number of carboxylic acids is 1.